The van der Waals surface area contributed by atoms with Crippen LogP contribution in [0.25, 0.3) is 6.08 Å². The molecule has 0 heterocycles. The van der Waals surface area contributed by atoms with E-state index in [1.165, 1.54) is 32.3 Å². The van der Waals surface area contributed by atoms with Gasteiger partial charge in [-0.15, -0.1) is 0 Å². The van der Waals surface area contributed by atoms with E-state index in [4.69, 9.17) is 4.74 Å². The molecule has 0 amide bonds. The second kappa shape index (κ2) is 4.56. The van der Waals surface area contributed by atoms with E-state index in [-0.39, 0.29) is 5.78 Å². The lowest BCUT2D eigenvalue weighted by molar-refractivity contribution is -0.112. The predicted octanol–water partition coefficient (Wildman–Crippen LogP) is 2.44. The van der Waals surface area contributed by atoms with Gasteiger partial charge in [-0.2, -0.15) is 0 Å². The highest BCUT2D eigenvalue weighted by Crippen LogP contribution is 2.22. The van der Waals surface area contributed by atoms with Crippen molar-refractivity contribution < 1.29 is 13.9 Å². The smallest absolute Gasteiger partial charge is 0.152 e. The first kappa shape index (κ1) is 10.4. The Morgan fingerprint density at radius 3 is 2.79 bits per heavy atom. The number of rotatable bonds is 3. The molecule has 0 spiro atoms. The van der Waals surface area contributed by atoms with Crippen molar-refractivity contribution >= 4 is 11.9 Å². The zero-order valence-corrected chi connectivity index (χ0v) is 8.08. The summed E-state index contributed by atoms with van der Waals surface area (Å²) in [4.78, 5) is 10.7. The molecule has 0 aliphatic carbocycles. The Morgan fingerprint density at radius 2 is 2.21 bits per heavy atom. The second-order valence-corrected chi connectivity index (χ2v) is 2.80. The van der Waals surface area contributed by atoms with Gasteiger partial charge in [0.1, 0.15) is 11.6 Å². The molecule has 2 nitrogen and oxygen atoms in total. The quantitative estimate of drug-likeness (QED) is 0.691. The topological polar surface area (TPSA) is 26.3 Å². The summed E-state index contributed by atoms with van der Waals surface area (Å²) in [6.45, 7) is 1.41. The fraction of sp³-hybridized carbons (Fsp3) is 0.182. The molecular weight excluding hydrogens is 183 g/mol. The van der Waals surface area contributed by atoms with Crippen LogP contribution in [-0.4, -0.2) is 12.9 Å². The van der Waals surface area contributed by atoms with Crippen molar-refractivity contribution in [2.75, 3.05) is 7.11 Å². The van der Waals surface area contributed by atoms with Gasteiger partial charge in [0, 0.05) is 0 Å². The highest BCUT2D eigenvalue weighted by atomic mass is 19.1. The first-order valence-corrected chi connectivity index (χ1v) is 4.16. The Kier molecular flexibility index (Phi) is 3.40. The SMILES string of the molecule is COc1cccc(F)c1/C=C/C(C)=O. The van der Waals surface area contributed by atoms with Crippen molar-refractivity contribution in [2.24, 2.45) is 0 Å². The first-order valence-electron chi connectivity index (χ1n) is 4.16. The molecule has 0 aromatic heterocycles. The maximum Gasteiger partial charge on any atom is 0.152 e. The van der Waals surface area contributed by atoms with Gasteiger partial charge in [-0.05, 0) is 31.2 Å². The number of carbonyl (C=O) groups is 1. The number of hydrogen-bond donors (Lipinski definition) is 0. The van der Waals surface area contributed by atoms with Crippen LogP contribution in [0.2, 0.25) is 0 Å². The molecule has 0 saturated heterocycles. The highest BCUT2D eigenvalue weighted by Gasteiger charge is 2.04. The van der Waals surface area contributed by atoms with E-state index < -0.39 is 5.82 Å². The van der Waals surface area contributed by atoms with E-state index >= 15 is 0 Å². The standard InChI is InChI=1S/C11H11FO2/c1-8(13)6-7-9-10(12)4-3-5-11(9)14-2/h3-7H,1-2H3/b7-6+. The van der Waals surface area contributed by atoms with Crippen LogP contribution in [0.5, 0.6) is 5.75 Å². The van der Waals surface area contributed by atoms with E-state index in [9.17, 15) is 9.18 Å². The Hall–Kier alpha value is -1.64. The van der Waals surface area contributed by atoms with Gasteiger partial charge in [0.05, 0.1) is 12.7 Å². The number of hydrogen-bond acceptors (Lipinski definition) is 2. The zero-order chi connectivity index (χ0) is 10.6. The van der Waals surface area contributed by atoms with Gasteiger partial charge in [-0.25, -0.2) is 4.39 Å². The third-order valence-electron chi connectivity index (χ3n) is 1.72. The normalized spacial score (nSPS) is 10.5. The van der Waals surface area contributed by atoms with Crippen molar-refractivity contribution in [3.63, 3.8) is 0 Å². The molecule has 74 valence electrons. The molecule has 0 N–H and O–H groups in total. The third-order valence-corrected chi connectivity index (χ3v) is 1.72. The number of ketones is 1. The van der Waals surface area contributed by atoms with E-state index in [1.807, 2.05) is 0 Å². The monoisotopic (exact) mass is 194 g/mol. The van der Waals surface area contributed by atoms with Crippen LogP contribution in [0, 0.1) is 5.82 Å². The molecule has 1 aromatic rings. The Morgan fingerprint density at radius 1 is 1.50 bits per heavy atom. The largest absolute Gasteiger partial charge is 0.496 e. The molecule has 0 aliphatic heterocycles. The number of methoxy groups -OCH3 is 1. The Balaban J connectivity index is 3.11. The van der Waals surface area contributed by atoms with E-state index in [1.54, 1.807) is 12.1 Å². The van der Waals surface area contributed by atoms with Crippen molar-refractivity contribution in [3.05, 3.63) is 35.7 Å². The van der Waals surface area contributed by atoms with E-state index in [0.717, 1.165) is 0 Å². The number of benzene rings is 1. The number of halogens is 1. The molecule has 0 radical (unpaired) electrons. The van der Waals surface area contributed by atoms with E-state index in [2.05, 4.69) is 0 Å². The lowest BCUT2D eigenvalue weighted by atomic mass is 10.1. The fourth-order valence-electron chi connectivity index (χ4n) is 1.06. The average Bonchev–Trinajstić information content (AvgIpc) is 2.15. The van der Waals surface area contributed by atoms with Crippen molar-refractivity contribution in [1.29, 1.82) is 0 Å². The summed E-state index contributed by atoms with van der Waals surface area (Å²) >= 11 is 0. The summed E-state index contributed by atoms with van der Waals surface area (Å²) < 4.78 is 18.2. The lowest BCUT2D eigenvalue weighted by Crippen LogP contribution is -1.91. The van der Waals surface area contributed by atoms with Crippen LogP contribution in [-0.2, 0) is 4.79 Å². The number of carbonyl (C=O) groups excluding carboxylic acids is 1. The van der Waals surface area contributed by atoms with Crippen LogP contribution in [0.3, 0.4) is 0 Å². The van der Waals surface area contributed by atoms with Crippen molar-refractivity contribution in [1.82, 2.24) is 0 Å². The molecule has 3 heteroatoms. The zero-order valence-electron chi connectivity index (χ0n) is 8.08. The van der Waals surface area contributed by atoms with Crippen LogP contribution in [0.15, 0.2) is 24.3 Å². The van der Waals surface area contributed by atoms with Gasteiger partial charge in [0.25, 0.3) is 0 Å². The van der Waals surface area contributed by atoms with Crippen molar-refractivity contribution in [3.8, 4) is 5.75 Å². The molecule has 0 fully saturated rings. The summed E-state index contributed by atoms with van der Waals surface area (Å²) in [5.41, 5.74) is 0.296. The maximum absolute atomic E-state index is 13.2. The molecular formula is C11H11FO2. The summed E-state index contributed by atoms with van der Waals surface area (Å²) in [7, 11) is 1.46. The Bertz CT molecular complexity index is 370. The summed E-state index contributed by atoms with van der Waals surface area (Å²) in [6.07, 6.45) is 2.72. The fourth-order valence-corrected chi connectivity index (χ4v) is 1.06. The molecule has 14 heavy (non-hydrogen) atoms. The molecule has 0 unspecified atom stereocenters. The average molecular weight is 194 g/mol. The van der Waals surface area contributed by atoms with Gasteiger partial charge >= 0.3 is 0 Å². The maximum atomic E-state index is 13.2. The first-order chi connectivity index (χ1) is 6.65. The van der Waals surface area contributed by atoms with Crippen LogP contribution >= 0.6 is 0 Å². The minimum atomic E-state index is -0.401. The molecule has 1 aromatic carbocycles. The number of ether oxygens (including phenoxy) is 1. The minimum Gasteiger partial charge on any atom is -0.496 e. The summed E-state index contributed by atoms with van der Waals surface area (Å²) in [5.74, 6) is -0.111. The molecule has 1 rings (SSSR count). The van der Waals surface area contributed by atoms with Crippen LogP contribution in [0.1, 0.15) is 12.5 Å². The summed E-state index contributed by atoms with van der Waals surface area (Å²) in [5, 5.41) is 0. The van der Waals surface area contributed by atoms with Gasteiger partial charge in [-0.3, -0.25) is 4.79 Å². The molecule has 0 aliphatic rings. The summed E-state index contributed by atoms with van der Waals surface area (Å²) in [6, 6.07) is 4.52. The molecule has 0 atom stereocenters. The van der Waals surface area contributed by atoms with Gasteiger partial charge in [0.2, 0.25) is 0 Å². The van der Waals surface area contributed by atoms with Gasteiger partial charge in [-0.1, -0.05) is 6.07 Å². The third kappa shape index (κ3) is 2.42. The second-order valence-electron chi connectivity index (χ2n) is 2.80. The molecule has 0 saturated carbocycles. The molecule has 0 bridgehead atoms. The Labute approximate surface area is 82.0 Å². The van der Waals surface area contributed by atoms with Gasteiger partial charge in [0.15, 0.2) is 5.78 Å². The van der Waals surface area contributed by atoms with Gasteiger partial charge < -0.3 is 4.74 Å². The highest BCUT2D eigenvalue weighted by molar-refractivity contribution is 5.91. The van der Waals surface area contributed by atoms with Crippen molar-refractivity contribution in [2.45, 2.75) is 6.92 Å². The number of allylic oxidation sites excluding steroid dienone is 1. The minimum absolute atomic E-state index is 0.129. The van der Waals surface area contributed by atoms with Crippen LogP contribution in [0.4, 0.5) is 4.39 Å². The lowest BCUT2D eigenvalue weighted by Gasteiger charge is -2.04. The van der Waals surface area contributed by atoms with Crippen LogP contribution < -0.4 is 4.74 Å². The van der Waals surface area contributed by atoms with E-state index in [0.29, 0.717) is 11.3 Å². The predicted molar refractivity (Wildman–Crippen MR) is 52.7 cm³/mol.